The Morgan fingerprint density at radius 1 is 0.900 bits per heavy atom. The molecule has 2 rings (SSSR count). The van der Waals surface area contributed by atoms with Crippen molar-refractivity contribution in [3.63, 3.8) is 0 Å². The van der Waals surface area contributed by atoms with Crippen LogP contribution < -0.4 is 4.74 Å². The molecule has 1 aromatic carbocycles. The van der Waals surface area contributed by atoms with Gasteiger partial charge in [0, 0.05) is 11.8 Å². The second-order valence-electron chi connectivity index (χ2n) is 8.62. The van der Waals surface area contributed by atoms with Crippen LogP contribution in [-0.2, 0) is 6.42 Å². The highest BCUT2D eigenvalue weighted by Gasteiger charge is 2.12. The average Bonchev–Trinajstić information content (AvgIpc) is 2.79. The molecule has 0 radical (unpaired) electrons. The van der Waals surface area contributed by atoms with Crippen molar-refractivity contribution in [2.45, 2.75) is 97.8 Å². The van der Waals surface area contributed by atoms with Crippen LogP contribution in [-0.4, -0.2) is 16.6 Å². The zero-order valence-electron chi connectivity index (χ0n) is 19.5. The van der Waals surface area contributed by atoms with Gasteiger partial charge in [0.25, 0.3) is 0 Å². The van der Waals surface area contributed by atoms with E-state index in [0.29, 0.717) is 0 Å². The summed E-state index contributed by atoms with van der Waals surface area (Å²) >= 11 is 0. The Balaban J connectivity index is 1.90. The van der Waals surface area contributed by atoms with Gasteiger partial charge in [0.2, 0.25) is 0 Å². The maximum Gasteiger partial charge on any atom is 0.128 e. The van der Waals surface area contributed by atoms with Crippen molar-refractivity contribution in [3.05, 3.63) is 42.4 Å². The summed E-state index contributed by atoms with van der Waals surface area (Å²) in [6, 6.07) is 8.32. The predicted molar refractivity (Wildman–Crippen MR) is 128 cm³/mol. The molecule has 30 heavy (non-hydrogen) atoms. The number of nitrogens with zero attached hydrogens (tertiary/aromatic N) is 2. The zero-order valence-corrected chi connectivity index (χ0v) is 19.5. The van der Waals surface area contributed by atoms with Crippen LogP contribution in [0.15, 0.2) is 36.8 Å². The molecule has 0 fully saturated rings. The summed E-state index contributed by atoms with van der Waals surface area (Å²) in [5.74, 6) is 1.71. The molecule has 1 atom stereocenters. The van der Waals surface area contributed by atoms with Gasteiger partial charge < -0.3 is 4.74 Å². The van der Waals surface area contributed by atoms with Crippen molar-refractivity contribution in [1.29, 1.82) is 0 Å². The third kappa shape index (κ3) is 8.85. The van der Waals surface area contributed by atoms with Gasteiger partial charge in [-0.05, 0) is 49.3 Å². The van der Waals surface area contributed by atoms with Crippen molar-refractivity contribution in [2.75, 3.05) is 6.61 Å². The van der Waals surface area contributed by atoms with Gasteiger partial charge >= 0.3 is 0 Å². The Labute approximate surface area is 184 Å². The molecule has 0 saturated heterocycles. The first-order valence-electron chi connectivity index (χ1n) is 12.3. The number of para-hydroxylation sites is 1. The van der Waals surface area contributed by atoms with Crippen molar-refractivity contribution in [1.82, 2.24) is 9.97 Å². The molecule has 2 aromatic rings. The summed E-state index contributed by atoms with van der Waals surface area (Å²) in [6.45, 7) is 7.60. The lowest BCUT2D eigenvalue weighted by Crippen LogP contribution is -2.03. The Kier molecular flexibility index (Phi) is 12.2. The molecule has 3 nitrogen and oxygen atoms in total. The Morgan fingerprint density at radius 2 is 1.63 bits per heavy atom. The smallest absolute Gasteiger partial charge is 0.128 e. The molecule has 0 saturated carbocycles. The first-order chi connectivity index (χ1) is 14.8. The van der Waals surface area contributed by atoms with E-state index < -0.39 is 0 Å². The normalized spacial score (nSPS) is 12.1. The molecule has 3 heteroatoms. The fourth-order valence-electron chi connectivity index (χ4n) is 3.84. The summed E-state index contributed by atoms with van der Waals surface area (Å²) < 4.78 is 6.17. The van der Waals surface area contributed by atoms with Gasteiger partial charge in [0.05, 0.1) is 12.3 Å². The number of aryl methyl sites for hydroxylation is 1. The highest BCUT2D eigenvalue weighted by atomic mass is 16.5. The van der Waals surface area contributed by atoms with Crippen LogP contribution >= 0.6 is 0 Å². The Bertz CT molecular complexity index is 701. The first kappa shape index (κ1) is 24.4. The Hall–Kier alpha value is -1.90. The minimum absolute atomic E-state index is 0.764. The largest absolute Gasteiger partial charge is 0.493 e. The third-order valence-electron chi connectivity index (χ3n) is 6.03. The molecular weight excluding hydrogens is 368 g/mol. The molecule has 0 aliphatic carbocycles. The van der Waals surface area contributed by atoms with E-state index in [1.54, 1.807) is 6.33 Å². The second-order valence-corrected chi connectivity index (χ2v) is 8.62. The van der Waals surface area contributed by atoms with E-state index in [4.69, 9.17) is 4.74 Å². The number of rotatable bonds is 16. The summed E-state index contributed by atoms with van der Waals surface area (Å²) in [6.07, 6.45) is 18.9. The minimum atomic E-state index is 0.764. The quantitative estimate of drug-likeness (QED) is 0.263. The SMILES string of the molecule is CCCCCCCCCCc1cncnc1-c1ccccc1OCCCC(C)CC. The van der Waals surface area contributed by atoms with Gasteiger partial charge in [-0.1, -0.05) is 84.3 Å². The molecular formula is C27H42N2O. The maximum atomic E-state index is 6.17. The predicted octanol–water partition coefficient (Wildman–Crippen LogP) is 8.03. The number of hydrogen-bond acceptors (Lipinski definition) is 3. The first-order valence-corrected chi connectivity index (χ1v) is 12.3. The van der Waals surface area contributed by atoms with Crippen molar-refractivity contribution < 1.29 is 4.74 Å². The summed E-state index contributed by atoms with van der Waals surface area (Å²) in [7, 11) is 0. The molecule has 1 heterocycles. The van der Waals surface area contributed by atoms with Crippen molar-refractivity contribution in [3.8, 4) is 17.0 Å². The highest BCUT2D eigenvalue weighted by Crippen LogP contribution is 2.31. The number of unbranched alkanes of at least 4 members (excludes halogenated alkanes) is 7. The van der Waals surface area contributed by atoms with Crippen molar-refractivity contribution >= 4 is 0 Å². The molecule has 0 N–H and O–H groups in total. The third-order valence-corrected chi connectivity index (χ3v) is 6.03. The van der Waals surface area contributed by atoms with Crippen LogP contribution in [0.25, 0.3) is 11.3 Å². The van der Waals surface area contributed by atoms with Crippen LogP contribution in [0.5, 0.6) is 5.75 Å². The fourth-order valence-corrected chi connectivity index (χ4v) is 3.84. The summed E-state index contributed by atoms with van der Waals surface area (Å²) in [5.41, 5.74) is 3.36. The second kappa shape index (κ2) is 15.0. The Morgan fingerprint density at radius 3 is 2.40 bits per heavy atom. The van der Waals surface area contributed by atoms with Crippen LogP contribution in [0, 0.1) is 5.92 Å². The molecule has 166 valence electrons. The molecule has 0 amide bonds. The number of benzene rings is 1. The van der Waals surface area contributed by atoms with Crippen LogP contribution in [0.3, 0.4) is 0 Å². The lowest BCUT2D eigenvalue weighted by atomic mass is 10.0. The van der Waals surface area contributed by atoms with Crippen LogP contribution in [0.1, 0.15) is 97.0 Å². The van der Waals surface area contributed by atoms with Crippen LogP contribution in [0.2, 0.25) is 0 Å². The molecule has 0 aliphatic rings. The van der Waals surface area contributed by atoms with Gasteiger partial charge in [-0.15, -0.1) is 0 Å². The highest BCUT2D eigenvalue weighted by molar-refractivity contribution is 5.69. The van der Waals surface area contributed by atoms with E-state index in [-0.39, 0.29) is 0 Å². The average molecular weight is 411 g/mol. The lowest BCUT2D eigenvalue weighted by molar-refractivity contribution is 0.295. The number of aromatic nitrogens is 2. The zero-order chi connectivity index (χ0) is 21.4. The van der Waals surface area contributed by atoms with E-state index in [1.807, 2.05) is 12.3 Å². The molecule has 0 aliphatic heterocycles. The van der Waals surface area contributed by atoms with Gasteiger partial charge in [0.1, 0.15) is 12.1 Å². The maximum absolute atomic E-state index is 6.17. The lowest BCUT2D eigenvalue weighted by Gasteiger charge is -2.14. The standard InChI is InChI=1S/C27H42N2O/c1-4-6-7-8-9-10-11-12-17-24-21-28-22-29-27(24)25-18-13-14-19-26(25)30-20-15-16-23(3)5-2/h13-14,18-19,21-23H,4-12,15-17,20H2,1-3H3. The van der Waals surface area contributed by atoms with E-state index >= 15 is 0 Å². The molecule has 1 unspecified atom stereocenters. The van der Waals surface area contributed by atoms with E-state index in [9.17, 15) is 0 Å². The number of hydrogen-bond donors (Lipinski definition) is 0. The van der Waals surface area contributed by atoms with E-state index in [2.05, 4.69) is 48.9 Å². The van der Waals surface area contributed by atoms with E-state index in [0.717, 1.165) is 42.4 Å². The molecule has 1 aromatic heterocycles. The van der Waals surface area contributed by atoms with Crippen LogP contribution in [0.4, 0.5) is 0 Å². The molecule has 0 spiro atoms. The summed E-state index contributed by atoms with van der Waals surface area (Å²) in [4.78, 5) is 8.94. The van der Waals surface area contributed by atoms with Crippen molar-refractivity contribution in [2.24, 2.45) is 5.92 Å². The van der Waals surface area contributed by atoms with Gasteiger partial charge in [-0.3, -0.25) is 0 Å². The fraction of sp³-hybridized carbons (Fsp3) is 0.630. The monoisotopic (exact) mass is 410 g/mol. The minimum Gasteiger partial charge on any atom is -0.493 e. The topological polar surface area (TPSA) is 35.0 Å². The molecule has 0 bridgehead atoms. The number of ether oxygens (including phenoxy) is 1. The van der Waals surface area contributed by atoms with E-state index in [1.165, 1.54) is 69.8 Å². The van der Waals surface area contributed by atoms with Gasteiger partial charge in [-0.2, -0.15) is 0 Å². The summed E-state index contributed by atoms with van der Waals surface area (Å²) in [5, 5.41) is 0. The van der Waals surface area contributed by atoms with Gasteiger partial charge in [0.15, 0.2) is 0 Å². The van der Waals surface area contributed by atoms with Gasteiger partial charge in [-0.25, -0.2) is 9.97 Å².